The highest BCUT2D eigenvalue weighted by molar-refractivity contribution is 9.10. The summed E-state index contributed by atoms with van der Waals surface area (Å²) in [6.07, 6.45) is 4.40. The summed E-state index contributed by atoms with van der Waals surface area (Å²) < 4.78 is 19.1. The van der Waals surface area contributed by atoms with Crippen LogP contribution >= 0.6 is 15.9 Å². The fraction of sp³-hybridized carbons (Fsp3) is 0.357. The highest BCUT2D eigenvalue weighted by Gasteiger charge is 2.21. The van der Waals surface area contributed by atoms with Crippen molar-refractivity contribution in [3.63, 3.8) is 0 Å². The number of hydrogen-bond acceptors (Lipinski definition) is 7. The Morgan fingerprint density at radius 3 is 2.68 bits per heavy atom. The van der Waals surface area contributed by atoms with Crippen molar-refractivity contribution in [2.45, 2.75) is 53.1 Å². The van der Waals surface area contributed by atoms with Gasteiger partial charge in [-0.05, 0) is 69.5 Å². The maximum atomic E-state index is 13.3. The number of halogens is 1. The summed E-state index contributed by atoms with van der Waals surface area (Å²) in [5.74, 6) is 1.03. The number of esters is 1. The topological polar surface area (TPSA) is 92.0 Å². The van der Waals surface area contributed by atoms with E-state index in [0.717, 1.165) is 16.5 Å². The van der Waals surface area contributed by atoms with Crippen molar-refractivity contribution < 1.29 is 19.0 Å². The van der Waals surface area contributed by atoms with Crippen LogP contribution in [0.5, 0.6) is 11.5 Å². The first-order chi connectivity index (χ1) is 17.8. The highest BCUT2D eigenvalue weighted by atomic mass is 79.9. The van der Waals surface area contributed by atoms with E-state index < -0.39 is 12.1 Å². The third kappa shape index (κ3) is 6.85. The van der Waals surface area contributed by atoms with Crippen LogP contribution in [0.2, 0.25) is 0 Å². The summed E-state index contributed by atoms with van der Waals surface area (Å²) in [6, 6.07) is 9.07. The van der Waals surface area contributed by atoms with Crippen molar-refractivity contribution in [1.82, 2.24) is 9.66 Å². The Balaban J connectivity index is 2.09. The first-order valence-electron chi connectivity index (χ1n) is 12.3. The normalized spacial score (nSPS) is 12.0. The van der Waals surface area contributed by atoms with Gasteiger partial charge in [-0.15, -0.1) is 6.58 Å². The Morgan fingerprint density at radius 2 is 2.00 bits per heavy atom. The lowest BCUT2D eigenvalue weighted by Gasteiger charge is -2.20. The molecule has 0 fully saturated rings. The summed E-state index contributed by atoms with van der Waals surface area (Å²) in [5, 5.41) is 5.00. The average molecular weight is 570 g/mol. The summed E-state index contributed by atoms with van der Waals surface area (Å²) in [5.41, 5.74) is 1.85. The zero-order valence-electron chi connectivity index (χ0n) is 21.6. The fourth-order valence-corrected chi connectivity index (χ4v) is 4.13. The van der Waals surface area contributed by atoms with E-state index in [1.54, 1.807) is 38.3 Å². The first kappa shape index (κ1) is 28.1. The predicted molar refractivity (Wildman–Crippen MR) is 149 cm³/mol. The molecule has 1 aromatic heterocycles. The smallest absolute Gasteiger partial charge is 0.347 e. The molecule has 0 saturated carbocycles. The molecule has 9 heteroatoms. The van der Waals surface area contributed by atoms with Gasteiger partial charge in [0.25, 0.3) is 5.56 Å². The lowest BCUT2D eigenvalue weighted by Crippen LogP contribution is -2.26. The first-order valence-corrected chi connectivity index (χ1v) is 13.1. The second kappa shape index (κ2) is 13.2. The molecule has 8 nitrogen and oxygen atoms in total. The Hall–Kier alpha value is -3.46. The Morgan fingerprint density at radius 1 is 1.22 bits per heavy atom. The molecule has 0 aliphatic heterocycles. The van der Waals surface area contributed by atoms with Crippen LogP contribution in [0.1, 0.15) is 51.1 Å². The van der Waals surface area contributed by atoms with Crippen molar-refractivity contribution >= 4 is 39.0 Å². The molecule has 0 spiro atoms. The van der Waals surface area contributed by atoms with E-state index in [2.05, 4.69) is 32.6 Å². The molecule has 3 aromatic rings. The van der Waals surface area contributed by atoms with Gasteiger partial charge in [-0.25, -0.2) is 9.78 Å². The maximum absolute atomic E-state index is 13.3. The highest BCUT2D eigenvalue weighted by Crippen LogP contribution is 2.34. The molecular formula is C28H32BrN3O5. The number of carbonyl (C=O) groups is 1. The zero-order valence-corrected chi connectivity index (χ0v) is 23.2. The van der Waals surface area contributed by atoms with Gasteiger partial charge < -0.3 is 14.2 Å². The molecule has 0 aliphatic rings. The lowest BCUT2D eigenvalue weighted by atomic mass is 10.1. The van der Waals surface area contributed by atoms with Crippen molar-refractivity contribution in [2.24, 2.45) is 5.10 Å². The second-order valence-electron chi connectivity index (χ2n) is 8.25. The number of aromatic nitrogens is 2. The second-order valence-corrected chi connectivity index (χ2v) is 9.16. The van der Waals surface area contributed by atoms with Crippen LogP contribution < -0.4 is 15.0 Å². The molecule has 1 heterocycles. The zero-order chi connectivity index (χ0) is 26.9. The number of fused-ring (bicyclic) bond motifs is 1. The van der Waals surface area contributed by atoms with Crippen molar-refractivity contribution in [1.29, 1.82) is 0 Å². The van der Waals surface area contributed by atoms with Gasteiger partial charge in [0.1, 0.15) is 5.82 Å². The molecule has 3 rings (SSSR count). The van der Waals surface area contributed by atoms with Crippen LogP contribution in [0.15, 0.2) is 57.4 Å². The van der Waals surface area contributed by atoms with Crippen LogP contribution in [0, 0.1) is 0 Å². The molecule has 2 aromatic carbocycles. The number of carbonyl (C=O) groups excluding carboxylic acids is 1. The average Bonchev–Trinajstić information content (AvgIpc) is 2.86. The minimum atomic E-state index is -0.819. The van der Waals surface area contributed by atoms with Crippen LogP contribution in [0.4, 0.5) is 0 Å². The van der Waals surface area contributed by atoms with E-state index in [9.17, 15) is 9.59 Å². The molecule has 0 saturated heterocycles. The van der Waals surface area contributed by atoms with E-state index in [4.69, 9.17) is 14.2 Å². The van der Waals surface area contributed by atoms with E-state index in [1.165, 1.54) is 4.68 Å². The fourth-order valence-electron chi connectivity index (χ4n) is 3.77. The molecule has 1 atom stereocenters. The Kier molecular flexibility index (Phi) is 10.0. The number of nitrogens with zero attached hydrogens (tertiary/aromatic N) is 3. The van der Waals surface area contributed by atoms with E-state index in [-0.39, 0.29) is 12.2 Å². The summed E-state index contributed by atoms with van der Waals surface area (Å²) in [7, 11) is 0. The van der Waals surface area contributed by atoms with Gasteiger partial charge in [0, 0.05) is 16.5 Å². The molecule has 0 radical (unpaired) electrons. The maximum Gasteiger partial charge on any atom is 0.347 e. The molecular weight excluding hydrogens is 538 g/mol. The van der Waals surface area contributed by atoms with Gasteiger partial charge in [-0.3, -0.25) is 4.79 Å². The van der Waals surface area contributed by atoms with E-state index >= 15 is 0 Å². The number of aryl methyl sites for hydroxylation is 1. The van der Waals surface area contributed by atoms with Gasteiger partial charge in [0.05, 0.1) is 30.3 Å². The molecule has 0 N–H and O–H groups in total. The monoisotopic (exact) mass is 569 g/mol. The number of benzene rings is 2. The quantitative estimate of drug-likeness (QED) is 0.163. The van der Waals surface area contributed by atoms with Gasteiger partial charge in [0.15, 0.2) is 17.6 Å². The third-order valence-electron chi connectivity index (χ3n) is 5.40. The number of hydrogen-bond donors (Lipinski definition) is 0. The summed E-state index contributed by atoms with van der Waals surface area (Å²) >= 11 is 3.43. The Bertz CT molecular complexity index is 1370. The van der Waals surface area contributed by atoms with E-state index in [1.807, 2.05) is 32.0 Å². The molecule has 37 heavy (non-hydrogen) atoms. The number of ether oxygens (including phenoxy) is 3. The van der Waals surface area contributed by atoms with Crippen molar-refractivity contribution in [3.8, 4) is 11.5 Å². The van der Waals surface area contributed by atoms with Crippen LogP contribution in [-0.2, 0) is 22.4 Å². The van der Waals surface area contributed by atoms with Gasteiger partial charge in [0.2, 0.25) is 0 Å². The standard InChI is InChI=1S/C28H32BrN3O5/c1-6-10-20-14-19(15-24(35-8-3)26(20)37-18(5)28(34)36-9-4)17-30-32-25(11-7-2)31-23-13-12-21(29)16-22(23)27(32)33/h6,12-18H,1,7-11H2,2-5H3/t18-/m1/s1. The SMILES string of the molecule is C=CCc1cc(C=Nn2c(CCC)nc3ccc(Br)cc3c2=O)cc(OCC)c1O[C@H](C)C(=O)OCC. The van der Waals surface area contributed by atoms with Gasteiger partial charge >= 0.3 is 5.97 Å². The van der Waals surface area contributed by atoms with Crippen LogP contribution in [-0.4, -0.2) is 41.2 Å². The number of rotatable bonds is 12. The van der Waals surface area contributed by atoms with Crippen LogP contribution in [0.25, 0.3) is 10.9 Å². The summed E-state index contributed by atoms with van der Waals surface area (Å²) in [4.78, 5) is 30.2. The van der Waals surface area contributed by atoms with Gasteiger partial charge in [-0.1, -0.05) is 28.9 Å². The molecule has 0 unspecified atom stereocenters. The molecule has 196 valence electrons. The van der Waals surface area contributed by atoms with Gasteiger partial charge in [-0.2, -0.15) is 9.78 Å². The lowest BCUT2D eigenvalue weighted by molar-refractivity contribution is -0.150. The van der Waals surface area contributed by atoms with E-state index in [0.29, 0.717) is 53.2 Å². The molecule has 0 aliphatic carbocycles. The minimum absolute atomic E-state index is 0.245. The van der Waals surface area contributed by atoms with Crippen molar-refractivity contribution in [2.75, 3.05) is 13.2 Å². The predicted octanol–water partition coefficient (Wildman–Crippen LogP) is 5.45. The summed E-state index contributed by atoms with van der Waals surface area (Å²) in [6.45, 7) is 11.8. The third-order valence-corrected chi connectivity index (χ3v) is 5.90. The van der Waals surface area contributed by atoms with Crippen LogP contribution in [0.3, 0.4) is 0 Å². The minimum Gasteiger partial charge on any atom is -0.490 e. The largest absolute Gasteiger partial charge is 0.490 e. The number of allylic oxidation sites excluding steroid dienone is 1. The molecule has 0 amide bonds. The molecule has 0 bridgehead atoms. The van der Waals surface area contributed by atoms with Crippen molar-refractivity contribution in [3.05, 3.63) is 74.8 Å². The Labute approximate surface area is 225 Å².